The predicted octanol–water partition coefficient (Wildman–Crippen LogP) is 3.61. The van der Waals surface area contributed by atoms with Crippen molar-refractivity contribution < 1.29 is 10.0 Å². The zero-order chi connectivity index (χ0) is 14.7. The van der Waals surface area contributed by atoms with Crippen molar-refractivity contribution in [1.29, 1.82) is 0 Å². The van der Waals surface area contributed by atoms with Crippen molar-refractivity contribution in [1.82, 2.24) is 0 Å². The molecule has 3 N–H and O–H groups in total. The lowest BCUT2D eigenvalue weighted by molar-refractivity contribution is -0.384. The molecule has 0 spiro atoms. The van der Waals surface area contributed by atoms with Crippen LogP contribution in [0.4, 0.5) is 5.69 Å². The smallest absolute Gasteiger partial charge is 0.288 e. The summed E-state index contributed by atoms with van der Waals surface area (Å²) < 4.78 is 0. The maximum Gasteiger partial charge on any atom is 0.288 e. The molecule has 1 fully saturated rings. The first-order chi connectivity index (χ1) is 9.50. The van der Waals surface area contributed by atoms with E-state index in [-0.39, 0.29) is 29.0 Å². The number of rotatable bonds is 4. The Morgan fingerprint density at radius 3 is 2.52 bits per heavy atom. The van der Waals surface area contributed by atoms with Crippen LogP contribution in [0.15, 0.2) is 18.2 Å². The SMILES string of the molecule is Cl.N[C@H](c1ccc(Cl)c([N+](=O)[O-])c1)[C@@H](O)C1CCCCC1. The monoisotopic (exact) mass is 334 g/mol. The number of halogens is 2. The van der Waals surface area contributed by atoms with E-state index in [0.29, 0.717) is 5.56 Å². The molecule has 21 heavy (non-hydrogen) atoms. The Hall–Kier alpha value is -0.880. The van der Waals surface area contributed by atoms with Crippen LogP contribution in [0, 0.1) is 16.0 Å². The van der Waals surface area contributed by atoms with Gasteiger partial charge in [-0.3, -0.25) is 10.1 Å². The molecule has 2 rings (SSSR count). The molecule has 0 bridgehead atoms. The third-order valence-electron chi connectivity index (χ3n) is 4.05. The van der Waals surface area contributed by atoms with E-state index in [1.54, 1.807) is 6.07 Å². The van der Waals surface area contributed by atoms with Crippen molar-refractivity contribution in [2.75, 3.05) is 0 Å². The van der Waals surface area contributed by atoms with Gasteiger partial charge in [-0.2, -0.15) is 0 Å². The second-order valence-corrected chi connectivity index (χ2v) is 5.79. The van der Waals surface area contributed by atoms with Crippen molar-refractivity contribution in [3.63, 3.8) is 0 Å². The second kappa shape index (κ2) is 7.94. The molecule has 0 saturated heterocycles. The molecular weight excluding hydrogens is 315 g/mol. The minimum atomic E-state index is -0.670. The van der Waals surface area contributed by atoms with E-state index >= 15 is 0 Å². The summed E-state index contributed by atoms with van der Waals surface area (Å²) in [6.07, 6.45) is 4.67. The lowest BCUT2D eigenvalue weighted by Crippen LogP contribution is -2.34. The van der Waals surface area contributed by atoms with Gasteiger partial charge in [0.05, 0.1) is 17.1 Å². The molecule has 0 amide bonds. The number of nitro benzene ring substituents is 1. The van der Waals surface area contributed by atoms with Crippen LogP contribution in [0.2, 0.25) is 5.02 Å². The van der Waals surface area contributed by atoms with Gasteiger partial charge in [0.15, 0.2) is 0 Å². The van der Waals surface area contributed by atoms with Gasteiger partial charge >= 0.3 is 0 Å². The van der Waals surface area contributed by atoms with Gasteiger partial charge < -0.3 is 10.8 Å². The first kappa shape index (κ1) is 18.2. The van der Waals surface area contributed by atoms with Gasteiger partial charge in [0.1, 0.15) is 5.02 Å². The lowest BCUT2D eigenvalue weighted by Gasteiger charge is -2.30. The number of hydrogen-bond donors (Lipinski definition) is 2. The highest BCUT2D eigenvalue weighted by molar-refractivity contribution is 6.32. The van der Waals surface area contributed by atoms with E-state index < -0.39 is 17.1 Å². The first-order valence-electron chi connectivity index (χ1n) is 6.88. The van der Waals surface area contributed by atoms with E-state index in [1.165, 1.54) is 18.6 Å². The number of hydrogen-bond acceptors (Lipinski definition) is 4. The largest absolute Gasteiger partial charge is 0.391 e. The fraction of sp³-hybridized carbons (Fsp3) is 0.571. The average molecular weight is 335 g/mol. The molecule has 1 aromatic carbocycles. The van der Waals surface area contributed by atoms with Crippen molar-refractivity contribution in [2.24, 2.45) is 11.7 Å². The van der Waals surface area contributed by atoms with Crippen LogP contribution >= 0.6 is 24.0 Å². The minimum Gasteiger partial charge on any atom is -0.391 e. The summed E-state index contributed by atoms with van der Waals surface area (Å²) in [6.45, 7) is 0. The third kappa shape index (κ3) is 4.30. The van der Waals surface area contributed by atoms with E-state index in [0.717, 1.165) is 25.7 Å². The van der Waals surface area contributed by atoms with E-state index in [9.17, 15) is 15.2 Å². The quantitative estimate of drug-likeness (QED) is 0.650. The summed E-state index contributed by atoms with van der Waals surface area (Å²) in [5, 5.41) is 21.3. The molecule has 7 heteroatoms. The van der Waals surface area contributed by atoms with Gasteiger partial charge in [0, 0.05) is 6.07 Å². The number of nitro groups is 1. The second-order valence-electron chi connectivity index (χ2n) is 5.38. The minimum absolute atomic E-state index is 0. The summed E-state index contributed by atoms with van der Waals surface area (Å²) in [4.78, 5) is 10.3. The van der Waals surface area contributed by atoms with Crippen molar-refractivity contribution >= 4 is 29.7 Å². The number of benzene rings is 1. The Bertz CT molecular complexity index is 493. The Kier molecular flexibility index (Phi) is 6.87. The number of aliphatic hydroxyl groups is 1. The highest BCUT2D eigenvalue weighted by Crippen LogP contribution is 2.33. The molecule has 1 aliphatic carbocycles. The van der Waals surface area contributed by atoms with Gasteiger partial charge in [-0.25, -0.2) is 0 Å². The zero-order valence-electron chi connectivity index (χ0n) is 11.6. The maximum absolute atomic E-state index is 10.9. The fourth-order valence-corrected chi connectivity index (χ4v) is 3.03. The van der Waals surface area contributed by atoms with Crippen LogP contribution in [0.3, 0.4) is 0 Å². The van der Waals surface area contributed by atoms with E-state index in [2.05, 4.69) is 0 Å². The van der Waals surface area contributed by atoms with E-state index in [1.807, 2.05) is 0 Å². The molecular formula is C14H20Cl2N2O3. The van der Waals surface area contributed by atoms with E-state index in [4.69, 9.17) is 17.3 Å². The van der Waals surface area contributed by atoms with Crippen LogP contribution < -0.4 is 5.73 Å². The number of nitrogens with two attached hydrogens (primary N) is 1. The summed E-state index contributed by atoms with van der Waals surface area (Å²) in [5.74, 6) is 0.175. The summed E-state index contributed by atoms with van der Waals surface area (Å²) in [6, 6.07) is 3.85. The van der Waals surface area contributed by atoms with Crippen LogP contribution in [0.1, 0.15) is 43.7 Å². The molecule has 0 aliphatic heterocycles. The van der Waals surface area contributed by atoms with Crippen LogP contribution in [0.25, 0.3) is 0 Å². The molecule has 1 saturated carbocycles. The number of aliphatic hydroxyl groups excluding tert-OH is 1. The Balaban J connectivity index is 0.00000220. The molecule has 0 unspecified atom stereocenters. The van der Waals surface area contributed by atoms with Crippen molar-refractivity contribution in [3.8, 4) is 0 Å². The molecule has 0 radical (unpaired) electrons. The van der Waals surface area contributed by atoms with Crippen LogP contribution in [0.5, 0.6) is 0 Å². The topological polar surface area (TPSA) is 89.4 Å². The average Bonchev–Trinajstić information content (AvgIpc) is 2.47. The van der Waals surface area contributed by atoms with Gasteiger partial charge in [-0.15, -0.1) is 12.4 Å². The molecule has 1 aliphatic rings. The maximum atomic E-state index is 10.9. The highest BCUT2D eigenvalue weighted by Gasteiger charge is 2.28. The fourth-order valence-electron chi connectivity index (χ4n) is 2.84. The lowest BCUT2D eigenvalue weighted by atomic mass is 9.81. The first-order valence-corrected chi connectivity index (χ1v) is 7.26. The molecule has 0 aromatic heterocycles. The van der Waals surface area contributed by atoms with Gasteiger partial charge in [-0.05, 0) is 30.4 Å². The van der Waals surface area contributed by atoms with Gasteiger partial charge in [-0.1, -0.05) is 36.9 Å². The molecule has 118 valence electrons. The third-order valence-corrected chi connectivity index (χ3v) is 4.37. The van der Waals surface area contributed by atoms with Gasteiger partial charge in [0.25, 0.3) is 5.69 Å². The summed E-state index contributed by atoms with van der Waals surface area (Å²) in [5.41, 5.74) is 6.46. The molecule has 5 nitrogen and oxygen atoms in total. The Labute approximate surface area is 135 Å². The molecule has 2 atom stereocenters. The van der Waals surface area contributed by atoms with Gasteiger partial charge in [0.2, 0.25) is 0 Å². The normalized spacial score (nSPS) is 18.6. The molecule has 1 aromatic rings. The zero-order valence-corrected chi connectivity index (χ0v) is 13.1. The molecule has 0 heterocycles. The predicted molar refractivity (Wildman–Crippen MR) is 84.9 cm³/mol. The Morgan fingerprint density at radius 1 is 1.33 bits per heavy atom. The van der Waals surface area contributed by atoms with Crippen LogP contribution in [-0.2, 0) is 0 Å². The van der Waals surface area contributed by atoms with Crippen molar-refractivity contribution in [2.45, 2.75) is 44.2 Å². The number of nitrogens with zero attached hydrogens (tertiary/aromatic N) is 1. The van der Waals surface area contributed by atoms with Crippen molar-refractivity contribution in [3.05, 3.63) is 38.9 Å². The summed E-state index contributed by atoms with van der Waals surface area (Å²) in [7, 11) is 0. The standard InChI is InChI=1S/C14H19ClN2O3.ClH/c15-11-7-6-10(8-12(11)17(19)20)13(16)14(18)9-4-2-1-3-5-9;/h6-9,13-14,18H,1-5,16H2;1H/t13-,14+;/m1./s1. The van der Waals surface area contributed by atoms with Crippen LogP contribution in [-0.4, -0.2) is 16.1 Å². The highest BCUT2D eigenvalue weighted by atomic mass is 35.5. The summed E-state index contributed by atoms with van der Waals surface area (Å²) >= 11 is 5.78. The Morgan fingerprint density at radius 2 is 1.95 bits per heavy atom.